The molecule has 0 aromatic heterocycles. The first kappa shape index (κ1) is 16.6. The highest BCUT2D eigenvalue weighted by Gasteiger charge is 2.52. The van der Waals surface area contributed by atoms with Crippen molar-refractivity contribution in [3.8, 4) is 5.75 Å². The molecule has 2 aliphatic carbocycles. The lowest BCUT2D eigenvalue weighted by Crippen LogP contribution is -2.50. The van der Waals surface area contributed by atoms with Gasteiger partial charge in [0.05, 0.1) is 20.3 Å². The number of fused-ring (bicyclic) bond motifs is 1. The predicted octanol–water partition coefficient (Wildman–Crippen LogP) is 3.86. The second kappa shape index (κ2) is 6.28. The minimum absolute atomic E-state index is 0.0111. The van der Waals surface area contributed by atoms with Gasteiger partial charge in [0, 0.05) is 31.3 Å². The average molecular weight is 355 g/mol. The van der Waals surface area contributed by atoms with Gasteiger partial charge < -0.3 is 19.1 Å². The molecule has 2 aliphatic heterocycles. The normalized spacial score (nSPS) is 30.2. The molecule has 1 atom stereocenters. The van der Waals surface area contributed by atoms with Crippen LogP contribution >= 0.6 is 0 Å². The number of nitrogens with zero attached hydrogens (tertiary/aromatic N) is 1. The molecule has 1 unspecified atom stereocenters. The van der Waals surface area contributed by atoms with E-state index in [4.69, 9.17) is 14.2 Å². The highest BCUT2D eigenvalue weighted by Crippen LogP contribution is 2.54. The lowest BCUT2D eigenvalue weighted by atomic mass is 9.61. The van der Waals surface area contributed by atoms with E-state index in [1.807, 2.05) is 6.07 Å². The van der Waals surface area contributed by atoms with E-state index in [0.29, 0.717) is 0 Å². The SMILES string of the molecule is COc1cccc(C23CCN(CC4CC4)C=C2CCC2(C3)OCCO2)c1. The van der Waals surface area contributed by atoms with Crippen LogP contribution in [0.4, 0.5) is 0 Å². The summed E-state index contributed by atoms with van der Waals surface area (Å²) in [6.45, 7) is 3.80. The van der Waals surface area contributed by atoms with Crippen LogP contribution in [-0.2, 0) is 14.9 Å². The topological polar surface area (TPSA) is 30.9 Å². The molecule has 4 heteroatoms. The lowest BCUT2D eigenvalue weighted by molar-refractivity contribution is -0.185. The fourth-order valence-corrected chi connectivity index (χ4v) is 5.15. The third-order valence-electron chi connectivity index (χ3n) is 6.75. The molecule has 0 amide bonds. The van der Waals surface area contributed by atoms with E-state index in [0.717, 1.165) is 57.1 Å². The Kier molecular flexibility index (Phi) is 4.02. The quantitative estimate of drug-likeness (QED) is 0.821. The van der Waals surface area contributed by atoms with Crippen molar-refractivity contribution in [1.29, 1.82) is 0 Å². The number of ether oxygens (including phenoxy) is 3. The molecule has 1 saturated heterocycles. The number of benzene rings is 1. The zero-order chi connectivity index (χ0) is 17.6. The highest BCUT2D eigenvalue weighted by atomic mass is 16.7. The molecule has 1 aromatic rings. The van der Waals surface area contributed by atoms with Crippen molar-refractivity contribution < 1.29 is 14.2 Å². The summed E-state index contributed by atoms with van der Waals surface area (Å²) in [4.78, 5) is 2.57. The van der Waals surface area contributed by atoms with Crippen LogP contribution in [0, 0.1) is 5.92 Å². The molecule has 4 nitrogen and oxygen atoms in total. The summed E-state index contributed by atoms with van der Waals surface area (Å²) in [7, 11) is 1.75. The van der Waals surface area contributed by atoms with Crippen LogP contribution < -0.4 is 4.74 Å². The summed E-state index contributed by atoms with van der Waals surface area (Å²) in [6, 6.07) is 8.64. The van der Waals surface area contributed by atoms with Gasteiger partial charge in [0.2, 0.25) is 0 Å². The molecule has 2 saturated carbocycles. The van der Waals surface area contributed by atoms with E-state index in [1.165, 1.54) is 24.9 Å². The Morgan fingerprint density at radius 1 is 1.19 bits per heavy atom. The van der Waals surface area contributed by atoms with Gasteiger partial charge in [0.25, 0.3) is 0 Å². The largest absolute Gasteiger partial charge is 0.497 e. The van der Waals surface area contributed by atoms with E-state index < -0.39 is 0 Å². The standard InChI is InChI=1S/C22H29NO3/c1-24-20-4-2-3-18(13-20)21-9-10-23(14-17-5-6-17)15-19(21)7-8-22(16-21)25-11-12-26-22/h2-4,13,15,17H,5-12,14,16H2,1H3. The fourth-order valence-electron chi connectivity index (χ4n) is 5.15. The molecule has 4 aliphatic rings. The maximum Gasteiger partial charge on any atom is 0.169 e. The zero-order valence-corrected chi connectivity index (χ0v) is 15.7. The number of allylic oxidation sites excluding steroid dienone is 1. The Balaban J connectivity index is 1.53. The first-order valence-electron chi connectivity index (χ1n) is 10.1. The highest BCUT2D eigenvalue weighted by molar-refractivity contribution is 5.43. The summed E-state index contributed by atoms with van der Waals surface area (Å²) in [6.07, 6.45) is 9.38. The van der Waals surface area contributed by atoms with Gasteiger partial charge in [-0.15, -0.1) is 0 Å². The van der Waals surface area contributed by atoms with Crippen LogP contribution in [0.1, 0.15) is 44.1 Å². The molecule has 5 rings (SSSR count). The van der Waals surface area contributed by atoms with Gasteiger partial charge in [-0.2, -0.15) is 0 Å². The van der Waals surface area contributed by atoms with Crippen LogP contribution in [0.25, 0.3) is 0 Å². The molecule has 0 N–H and O–H groups in total. The second-order valence-electron chi connectivity index (χ2n) is 8.44. The minimum atomic E-state index is -0.390. The van der Waals surface area contributed by atoms with Gasteiger partial charge in [0.15, 0.2) is 5.79 Å². The van der Waals surface area contributed by atoms with E-state index in [-0.39, 0.29) is 11.2 Å². The van der Waals surface area contributed by atoms with Crippen LogP contribution in [-0.4, -0.2) is 44.1 Å². The Labute approximate surface area is 156 Å². The van der Waals surface area contributed by atoms with Crippen molar-refractivity contribution in [1.82, 2.24) is 4.90 Å². The number of hydrogen-bond donors (Lipinski definition) is 0. The molecule has 1 aromatic carbocycles. The summed E-state index contributed by atoms with van der Waals surface area (Å²) < 4.78 is 17.8. The zero-order valence-electron chi connectivity index (χ0n) is 15.7. The predicted molar refractivity (Wildman–Crippen MR) is 100 cm³/mol. The first-order chi connectivity index (χ1) is 12.7. The Morgan fingerprint density at radius 3 is 2.81 bits per heavy atom. The van der Waals surface area contributed by atoms with Crippen molar-refractivity contribution in [2.45, 2.75) is 49.7 Å². The summed E-state index contributed by atoms with van der Waals surface area (Å²) in [5.74, 6) is 1.47. The maximum absolute atomic E-state index is 6.14. The molecule has 1 spiro atoms. The van der Waals surface area contributed by atoms with Gasteiger partial charge in [-0.3, -0.25) is 0 Å². The molecule has 0 radical (unpaired) electrons. The van der Waals surface area contributed by atoms with Gasteiger partial charge in [-0.05, 0) is 61.1 Å². The molecule has 3 fully saturated rings. The molecule has 2 heterocycles. The maximum atomic E-state index is 6.14. The summed E-state index contributed by atoms with van der Waals surface area (Å²) in [5.41, 5.74) is 2.92. The van der Waals surface area contributed by atoms with Crippen LogP contribution in [0.5, 0.6) is 5.75 Å². The average Bonchev–Trinajstić information content (AvgIpc) is 3.39. The Hall–Kier alpha value is -1.52. The molecule has 0 bridgehead atoms. The van der Waals surface area contributed by atoms with Crippen molar-refractivity contribution >= 4 is 0 Å². The van der Waals surface area contributed by atoms with E-state index in [1.54, 1.807) is 12.7 Å². The Bertz CT molecular complexity index is 705. The number of rotatable bonds is 4. The smallest absolute Gasteiger partial charge is 0.169 e. The first-order valence-corrected chi connectivity index (χ1v) is 10.1. The minimum Gasteiger partial charge on any atom is -0.497 e. The lowest BCUT2D eigenvalue weighted by Gasteiger charge is -2.50. The van der Waals surface area contributed by atoms with Crippen molar-refractivity contribution in [3.05, 3.63) is 41.6 Å². The second-order valence-corrected chi connectivity index (χ2v) is 8.44. The third kappa shape index (κ3) is 2.84. The van der Waals surface area contributed by atoms with Gasteiger partial charge in [0.1, 0.15) is 5.75 Å². The third-order valence-corrected chi connectivity index (χ3v) is 6.75. The van der Waals surface area contributed by atoms with Crippen LogP contribution in [0.15, 0.2) is 36.0 Å². The monoisotopic (exact) mass is 355 g/mol. The fraction of sp³-hybridized carbons (Fsp3) is 0.636. The molecule has 26 heavy (non-hydrogen) atoms. The number of methoxy groups -OCH3 is 1. The van der Waals surface area contributed by atoms with Crippen molar-refractivity contribution in [3.63, 3.8) is 0 Å². The van der Waals surface area contributed by atoms with E-state index in [2.05, 4.69) is 29.3 Å². The molecule has 140 valence electrons. The van der Waals surface area contributed by atoms with Crippen LogP contribution in [0.2, 0.25) is 0 Å². The van der Waals surface area contributed by atoms with Gasteiger partial charge in [-0.1, -0.05) is 12.1 Å². The van der Waals surface area contributed by atoms with Crippen molar-refractivity contribution in [2.24, 2.45) is 5.92 Å². The van der Waals surface area contributed by atoms with Gasteiger partial charge in [-0.25, -0.2) is 0 Å². The van der Waals surface area contributed by atoms with Crippen molar-refractivity contribution in [2.75, 3.05) is 33.4 Å². The summed E-state index contributed by atoms with van der Waals surface area (Å²) >= 11 is 0. The molecular formula is C22H29NO3. The van der Waals surface area contributed by atoms with Crippen LogP contribution in [0.3, 0.4) is 0 Å². The Morgan fingerprint density at radius 2 is 2.04 bits per heavy atom. The van der Waals surface area contributed by atoms with E-state index >= 15 is 0 Å². The number of hydrogen-bond acceptors (Lipinski definition) is 4. The van der Waals surface area contributed by atoms with E-state index in [9.17, 15) is 0 Å². The van der Waals surface area contributed by atoms with Gasteiger partial charge >= 0.3 is 0 Å². The molecular weight excluding hydrogens is 326 g/mol. The summed E-state index contributed by atoms with van der Waals surface area (Å²) in [5, 5.41) is 0.